The van der Waals surface area contributed by atoms with Gasteiger partial charge in [0.1, 0.15) is 0 Å². The summed E-state index contributed by atoms with van der Waals surface area (Å²) in [5.41, 5.74) is 0.339. The van der Waals surface area contributed by atoms with Crippen LogP contribution in [0.3, 0.4) is 0 Å². The molecule has 1 aromatic carbocycles. The smallest absolute Gasteiger partial charge is 0.411 e. The van der Waals surface area contributed by atoms with Gasteiger partial charge in [0.15, 0.2) is 0 Å². The van der Waals surface area contributed by atoms with Gasteiger partial charge < -0.3 is 14.6 Å². The fourth-order valence-electron chi connectivity index (χ4n) is 1.12. The van der Waals surface area contributed by atoms with Crippen molar-refractivity contribution in [2.24, 2.45) is 0 Å². The first kappa shape index (κ1) is 14.9. The van der Waals surface area contributed by atoms with Gasteiger partial charge in [0.25, 0.3) is 0 Å². The van der Waals surface area contributed by atoms with Crippen LogP contribution in [0.5, 0.6) is 0 Å². The summed E-state index contributed by atoms with van der Waals surface area (Å²) < 4.78 is 29.4. The Balaban J connectivity index is 2.80. The highest BCUT2D eigenvalue weighted by Crippen LogP contribution is 2.13. The molecule has 0 fully saturated rings. The molecule has 1 aromatic rings. The summed E-state index contributed by atoms with van der Waals surface area (Å²) in [5.74, 6) is -1.53. The lowest BCUT2D eigenvalue weighted by molar-refractivity contribution is -0.303. The Kier molecular flexibility index (Phi) is 4.84. The van der Waals surface area contributed by atoms with Crippen LogP contribution in [0.1, 0.15) is 0 Å². The standard InChI is InChI=1S/C10H12N2O6S/c1-18-10(15)12-7-2-4-8(5-3-7)19(16,17)11-6-9(13)14/h2-5,11H,6H2,1H3,(H,12,15)(H,13,14)/p-1. The lowest BCUT2D eigenvalue weighted by Crippen LogP contribution is -2.37. The number of benzene rings is 1. The first-order chi connectivity index (χ1) is 8.85. The molecule has 0 heterocycles. The van der Waals surface area contributed by atoms with Crippen molar-refractivity contribution in [2.45, 2.75) is 4.90 Å². The summed E-state index contributed by atoms with van der Waals surface area (Å²) in [6, 6.07) is 5.10. The predicted molar refractivity (Wildman–Crippen MR) is 62.7 cm³/mol. The molecule has 1 amide bonds. The fourth-order valence-corrected chi connectivity index (χ4v) is 2.09. The Labute approximate surface area is 109 Å². The highest BCUT2D eigenvalue weighted by Gasteiger charge is 2.13. The Morgan fingerprint density at radius 2 is 1.84 bits per heavy atom. The number of nitrogens with one attached hydrogen (secondary N) is 2. The number of amides is 1. The van der Waals surface area contributed by atoms with E-state index in [1.54, 1.807) is 0 Å². The van der Waals surface area contributed by atoms with Crippen molar-refractivity contribution in [3.05, 3.63) is 24.3 Å². The average Bonchev–Trinajstić information content (AvgIpc) is 2.37. The van der Waals surface area contributed by atoms with Gasteiger partial charge in [0.2, 0.25) is 10.0 Å². The average molecular weight is 287 g/mol. The van der Waals surface area contributed by atoms with E-state index in [2.05, 4.69) is 10.1 Å². The zero-order valence-electron chi connectivity index (χ0n) is 9.87. The number of hydrogen-bond acceptors (Lipinski definition) is 6. The van der Waals surface area contributed by atoms with Gasteiger partial charge in [0.05, 0.1) is 24.5 Å². The van der Waals surface area contributed by atoms with E-state index in [1.807, 2.05) is 4.72 Å². The number of methoxy groups -OCH3 is 1. The van der Waals surface area contributed by atoms with Crippen LogP contribution in [0.15, 0.2) is 29.2 Å². The minimum Gasteiger partial charge on any atom is -0.549 e. The Hall–Kier alpha value is -2.13. The van der Waals surface area contributed by atoms with Crippen LogP contribution < -0.4 is 15.1 Å². The SMILES string of the molecule is COC(=O)Nc1ccc(S(=O)(=O)NCC(=O)[O-])cc1. The zero-order valence-corrected chi connectivity index (χ0v) is 10.7. The summed E-state index contributed by atoms with van der Waals surface area (Å²) in [6.07, 6.45) is -0.689. The normalized spacial score (nSPS) is 10.8. The molecule has 0 aliphatic heterocycles. The third-order valence-electron chi connectivity index (χ3n) is 2.00. The summed E-state index contributed by atoms with van der Waals surface area (Å²) in [5, 5.41) is 12.5. The molecule has 0 saturated carbocycles. The molecule has 0 aromatic heterocycles. The van der Waals surface area contributed by atoms with Crippen LogP contribution >= 0.6 is 0 Å². The molecule has 1 rings (SSSR count). The Morgan fingerprint density at radius 1 is 1.26 bits per heavy atom. The molecule has 8 nitrogen and oxygen atoms in total. The molecule has 104 valence electrons. The van der Waals surface area contributed by atoms with Gasteiger partial charge in [-0.2, -0.15) is 0 Å². The molecule has 19 heavy (non-hydrogen) atoms. The van der Waals surface area contributed by atoms with E-state index < -0.39 is 28.6 Å². The largest absolute Gasteiger partial charge is 0.549 e. The van der Waals surface area contributed by atoms with E-state index in [0.717, 1.165) is 0 Å². The van der Waals surface area contributed by atoms with Crippen LogP contribution in [0.25, 0.3) is 0 Å². The van der Waals surface area contributed by atoms with Crippen molar-refractivity contribution in [3.8, 4) is 0 Å². The van der Waals surface area contributed by atoms with E-state index >= 15 is 0 Å². The van der Waals surface area contributed by atoms with Crippen molar-refractivity contribution >= 4 is 27.8 Å². The fraction of sp³-hybridized carbons (Fsp3) is 0.200. The van der Waals surface area contributed by atoms with Crippen molar-refractivity contribution in [1.29, 1.82) is 0 Å². The highest BCUT2D eigenvalue weighted by atomic mass is 32.2. The van der Waals surface area contributed by atoms with Gasteiger partial charge in [-0.3, -0.25) is 5.32 Å². The molecular weight excluding hydrogens is 276 g/mol. The summed E-state index contributed by atoms with van der Waals surface area (Å²) in [4.78, 5) is 21.0. The van der Waals surface area contributed by atoms with E-state index in [0.29, 0.717) is 5.69 Å². The summed E-state index contributed by atoms with van der Waals surface area (Å²) in [7, 11) is -2.73. The number of carbonyl (C=O) groups is 2. The van der Waals surface area contributed by atoms with E-state index in [1.165, 1.54) is 31.4 Å². The van der Waals surface area contributed by atoms with Gasteiger partial charge in [-0.15, -0.1) is 0 Å². The molecule has 9 heteroatoms. The first-order valence-electron chi connectivity index (χ1n) is 4.99. The second-order valence-electron chi connectivity index (χ2n) is 3.34. The van der Waals surface area contributed by atoms with Gasteiger partial charge in [-0.25, -0.2) is 17.9 Å². The molecule has 0 unspecified atom stereocenters. The van der Waals surface area contributed by atoms with Gasteiger partial charge in [-0.1, -0.05) is 0 Å². The van der Waals surface area contributed by atoms with E-state index in [-0.39, 0.29) is 4.90 Å². The number of carboxylic acids is 1. The number of anilines is 1. The van der Waals surface area contributed by atoms with Crippen LogP contribution in [-0.4, -0.2) is 34.1 Å². The van der Waals surface area contributed by atoms with Crippen molar-refractivity contribution in [1.82, 2.24) is 4.72 Å². The molecule has 0 aliphatic carbocycles. The molecule has 0 atom stereocenters. The molecule has 0 saturated heterocycles. The summed E-state index contributed by atoms with van der Waals surface area (Å²) in [6.45, 7) is -0.815. The van der Waals surface area contributed by atoms with Gasteiger partial charge in [0, 0.05) is 5.69 Å². The monoisotopic (exact) mass is 287 g/mol. The number of sulfonamides is 1. The maximum Gasteiger partial charge on any atom is 0.411 e. The van der Waals surface area contributed by atoms with Crippen molar-refractivity contribution < 1.29 is 27.9 Å². The predicted octanol–water partition coefficient (Wildman–Crippen LogP) is -1.11. The second kappa shape index (κ2) is 6.16. The minimum atomic E-state index is -3.92. The van der Waals surface area contributed by atoms with Crippen LogP contribution in [0.4, 0.5) is 10.5 Å². The van der Waals surface area contributed by atoms with Crippen LogP contribution in [-0.2, 0) is 19.6 Å². The van der Waals surface area contributed by atoms with E-state index in [4.69, 9.17) is 0 Å². The quantitative estimate of drug-likeness (QED) is 0.707. The molecule has 0 aliphatic rings. The molecule has 0 radical (unpaired) electrons. The Bertz CT molecular complexity index is 566. The molecular formula is C10H11N2O6S-. The second-order valence-corrected chi connectivity index (χ2v) is 5.10. The van der Waals surface area contributed by atoms with Gasteiger partial charge >= 0.3 is 6.09 Å². The maximum absolute atomic E-state index is 11.6. The number of rotatable bonds is 5. The number of carbonyl (C=O) groups excluding carboxylic acids is 2. The Morgan fingerprint density at radius 3 is 2.32 bits per heavy atom. The first-order valence-corrected chi connectivity index (χ1v) is 6.48. The summed E-state index contributed by atoms with van der Waals surface area (Å²) >= 11 is 0. The molecule has 2 N–H and O–H groups in total. The number of ether oxygens (including phenoxy) is 1. The van der Waals surface area contributed by atoms with E-state index in [9.17, 15) is 23.1 Å². The van der Waals surface area contributed by atoms with Crippen molar-refractivity contribution in [3.63, 3.8) is 0 Å². The topological polar surface area (TPSA) is 125 Å². The van der Waals surface area contributed by atoms with Gasteiger partial charge in [-0.05, 0) is 24.3 Å². The highest BCUT2D eigenvalue weighted by molar-refractivity contribution is 7.89. The number of aliphatic carboxylic acids is 1. The molecule has 0 bridgehead atoms. The lowest BCUT2D eigenvalue weighted by atomic mass is 10.3. The third-order valence-corrected chi connectivity index (χ3v) is 3.42. The number of carboxylic acid groups (broad SMARTS) is 1. The molecule has 0 spiro atoms. The minimum absolute atomic E-state index is 0.135. The number of hydrogen-bond donors (Lipinski definition) is 2. The van der Waals surface area contributed by atoms with Crippen molar-refractivity contribution in [2.75, 3.05) is 19.0 Å². The van der Waals surface area contributed by atoms with Crippen LogP contribution in [0, 0.1) is 0 Å². The van der Waals surface area contributed by atoms with Crippen LogP contribution in [0.2, 0.25) is 0 Å². The zero-order chi connectivity index (χ0) is 14.5. The third kappa shape index (κ3) is 4.56. The maximum atomic E-state index is 11.6. The lowest BCUT2D eigenvalue weighted by Gasteiger charge is -2.08.